The molecular weight excluding hydrogens is 268 g/mol. The lowest BCUT2D eigenvalue weighted by Gasteiger charge is -2.15. The standard InChI is InChI=1S/C16H24N2O3/c1-18(12-6-9-16(20)21-2)13-15(19)17-11-10-14-7-4-3-5-8-14/h3-5,7-8H,6,9-13H2,1-2H3,(H,17,19). The molecule has 0 heterocycles. The zero-order valence-corrected chi connectivity index (χ0v) is 12.8. The van der Waals surface area contributed by atoms with E-state index >= 15 is 0 Å². The van der Waals surface area contributed by atoms with Crippen molar-refractivity contribution in [3.05, 3.63) is 35.9 Å². The third kappa shape index (κ3) is 8.09. The van der Waals surface area contributed by atoms with Crippen molar-refractivity contribution in [3.8, 4) is 0 Å². The summed E-state index contributed by atoms with van der Waals surface area (Å²) in [6.45, 7) is 1.68. The smallest absolute Gasteiger partial charge is 0.305 e. The van der Waals surface area contributed by atoms with Crippen LogP contribution in [0.1, 0.15) is 18.4 Å². The van der Waals surface area contributed by atoms with Crippen molar-refractivity contribution >= 4 is 11.9 Å². The fourth-order valence-electron chi connectivity index (χ4n) is 1.97. The van der Waals surface area contributed by atoms with Gasteiger partial charge in [-0.25, -0.2) is 0 Å². The average molecular weight is 292 g/mol. The van der Waals surface area contributed by atoms with Gasteiger partial charge >= 0.3 is 5.97 Å². The van der Waals surface area contributed by atoms with Crippen molar-refractivity contribution in [3.63, 3.8) is 0 Å². The molecule has 0 saturated carbocycles. The van der Waals surface area contributed by atoms with E-state index in [1.165, 1.54) is 12.7 Å². The third-order valence-electron chi connectivity index (χ3n) is 3.14. The number of nitrogens with one attached hydrogen (secondary N) is 1. The summed E-state index contributed by atoms with van der Waals surface area (Å²) in [4.78, 5) is 24.6. The third-order valence-corrected chi connectivity index (χ3v) is 3.14. The highest BCUT2D eigenvalue weighted by Gasteiger charge is 2.07. The lowest BCUT2D eigenvalue weighted by molar-refractivity contribution is -0.140. The maximum atomic E-state index is 11.8. The van der Waals surface area contributed by atoms with Gasteiger partial charge in [-0.05, 0) is 32.0 Å². The van der Waals surface area contributed by atoms with Gasteiger partial charge in [0.25, 0.3) is 0 Å². The normalized spacial score (nSPS) is 10.4. The summed E-state index contributed by atoms with van der Waals surface area (Å²) < 4.78 is 4.57. The van der Waals surface area contributed by atoms with Crippen LogP contribution in [0.25, 0.3) is 0 Å². The van der Waals surface area contributed by atoms with Crippen LogP contribution in [0.4, 0.5) is 0 Å². The molecule has 0 aliphatic heterocycles. The summed E-state index contributed by atoms with van der Waals surface area (Å²) in [5, 5.41) is 2.90. The minimum absolute atomic E-state index is 0.00602. The van der Waals surface area contributed by atoms with Gasteiger partial charge < -0.3 is 10.1 Å². The molecule has 0 unspecified atom stereocenters. The first-order valence-electron chi connectivity index (χ1n) is 7.18. The van der Waals surface area contributed by atoms with Gasteiger partial charge in [0.15, 0.2) is 0 Å². The first-order valence-corrected chi connectivity index (χ1v) is 7.18. The van der Waals surface area contributed by atoms with Crippen molar-refractivity contribution in [2.45, 2.75) is 19.3 Å². The molecule has 0 radical (unpaired) electrons. The molecule has 1 aromatic rings. The van der Waals surface area contributed by atoms with E-state index in [4.69, 9.17) is 0 Å². The molecule has 1 amide bonds. The Bertz CT molecular complexity index is 434. The molecule has 5 nitrogen and oxygen atoms in total. The number of ether oxygens (including phenoxy) is 1. The Balaban J connectivity index is 2.11. The van der Waals surface area contributed by atoms with Gasteiger partial charge in [0.1, 0.15) is 0 Å². The summed E-state index contributed by atoms with van der Waals surface area (Å²) >= 11 is 0. The predicted octanol–water partition coefficient (Wildman–Crippen LogP) is 1.23. The van der Waals surface area contributed by atoms with Crippen LogP contribution in [0.3, 0.4) is 0 Å². The van der Waals surface area contributed by atoms with Gasteiger partial charge in [-0.1, -0.05) is 30.3 Å². The van der Waals surface area contributed by atoms with Gasteiger partial charge in [-0.15, -0.1) is 0 Å². The molecule has 21 heavy (non-hydrogen) atoms. The summed E-state index contributed by atoms with van der Waals surface area (Å²) in [5.74, 6) is -0.206. The number of hydrogen-bond donors (Lipinski definition) is 1. The minimum Gasteiger partial charge on any atom is -0.469 e. The molecule has 0 saturated heterocycles. The molecule has 0 spiro atoms. The Labute approximate surface area is 126 Å². The van der Waals surface area contributed by atoms with E-state index in [0.29, 0.717) is 32.5 Å². The van der Waals surface area contributed by atoms with Crippen LogP contribution in [0.2, 0.25) is 0 Å². The Morgan fingerprint density at radius 1 is 1.24 bits per heavy atom. The number of esters is 1. The fourth-order valence-corrected chi connectivity index (χ4v) is 1.97. The molecule has 0 bridgehead atoms. The Morgan fingerprint density at radius 3 is 2.62 bits per heavy atom. The number of carbonyl (C=O) groups excluding carboxylic acids is 2. The van der Waals surface area contributed by atoms with E-state index in [0.717, 1.165) is 6.42 Å². The predicted molar refractivity (Wildman–Crippen MR) is 81.9 cm³/mol. The van der Waals surface area contributed by atoms with Crippen molar-refractivity contribution in [1.82, 2.24) is 10.2 Å². The maximum absolute atomic E-state index is 11.8. The van der Waals surface area contributed by atoms with Gasteiger partial charge in [0, 0.05) is 13.0 Å². The molecule has 0 aliphatic rings. The zero-order valence-electron chi connectivity index (χ0n) is 12.8. The van der Waals surface area contributed by atoms with Crippen molar-refractivity contribution in [1.29, 1.82) is 0 Å². The van der Waals surface area contributed by atoms with Crippen molar-refractivity contribution < 1.29 is 14.3 Å². The topological polar surface area (TPSA) is 58.6 Å². The SMILES string of the molecule is COC(=O)CCCN(C)CC(=O)NCCc1ccccc1. The van der Waals surface area contributed by atoms with E-state index in [1.807, 2.05) is 42.3 Å². The molecule has 0 fully saturated rings. The van der Waals surface area contributed by atoms with Crippen LogP contribution in [0, 0.1) is 0 Å². The number of hydrogen-bond acceptors (Lipinski definition) is 4. The lowest BCUT2D eigenvalue weighted by atomic mass is 10.1. The van der Waals surface area contributed by atoms with E-state index in [9.17, 15) is 9.59 Å². The van der Waals surface area contributed by atoms with Crippen LogP contribution >= 0.6 is 0 Å². The molecule has 1 aromatic carbocycles. The number of amides is 1. The summed E-state index contributed by atoms with van der Waals surface area (Å²) in [7, 11) is 3.25. The van der Waals surface area contributed by atoms with E-state index in [-0.39, 0.29) is 11.9 Å². The molecule has 0 atom stereocenters. The van der Waals surface area contributed by atoms with Crippen LogP contribution in [0.5, 0.6) is 0 Å². The number of benzene rings is 1. The molecule has 0 aromatic heterocycles. The quantitative estimate of drug-likeness (QED) is 0.696. The Kier molecular flexibility index (Phi) is 8.12. The van der Waals surface area contributed by atoms with E-state index in [2.05, 4.69) is 10.1 Å². The zero-order chi connectivity index (χ0) is 15.5. The van der Waals surface area contributed by atoms with Crippen LogP contribution in [-0.4, -0.2) is 50.6 Å². The van der Waals surface area contributed by atoms with E-state index in [1.54, 1.807) is 0 Å². The Hall–Kier alpha value is -1.88. The molecule has 5 heteroatoms. The second kappa shape index (κ2) is 9.94. The first-order chi connectivity index (χ1) is 10.1. The molecule has 1 N–H and O–H groups in total. The fraction of sp³-hybridized carbons (Fsp3) is 0.500. The monoisotopic (exact) mass is 292 g/mol. The molecule has 116 valence electrons. The van der Waals surface area contributed by atoms with Gasteiger partial charge in [-0.3, -0.25) is 14.5 Å². The number of rotatable bonds is 9. The second-order valence-electron chi connectivity index (χ2n) is 5.00. The molecule has 0 aliphatic carbocycles. The number of nitrogens with zero attached hydrogens (tertiary/aromatic N) is 1. The summed E-state index contributed by atoms with van der Waals surface area (Å²) in [6.07, 6.45) is 1.91. The van der Waals surface area contributed by atoms with Crippen LogP contribution in [0.15, 0.2) is 30.3 Å². The lowest BCUT2D eigenvalue weighted by Crippen LogP contribution is -2.36. The van der Waals surface area contributed by atoms with Crippen molar-refractivity contribution in [2.75, 3.05) is 33.8 Å². The van der Waals surface area contributed by atoms with E-state index < -0.39 is 0 Å². The second-order valence-corrected chi connectivity index (χ2v) is 5.00. The molecule has 1 rings (SSSR count). The minimum atomic E-state index is -0.212. The largest absolute Gasteiger partial charge is 0.469 e. The van der Waals surface area contributed by atoms with Gasteiger partial charge in [0.05, 0.1) is 13.7 Å². The number of carbonyl (C=O) groups is 2. The highest BCUT2D eigenvalue weighted by molar-refractivity contribution is 5.78. The summed E-state index contributed by atoms with van der Waals surface area (Å²) in [6, 6.07) is 10.1. The first kappa shape index (κ1) is 17.2. The number of likely N-dealkylation sites (N-methyl/N-ethyl adjacent to an activating group) is 1. The van der Waals surface area contributed by atoms with Gasteiger partial charge in [-0.2, -0.15) is 0 Å². The molecular formula is C16H24N2O3. The van der Waals surface area contributed by atoms with Crippen LogP contribution in [-0.2, 0) is 20.7 Å². The maximum Gasteiger partial charge on any atom is 0.305 e. The Morgan fingerprint density at radius 2 is 1.95 bits per heavy atom. The highest BCUT2D eigenvalue weighted by Crippen LogP contribution is 1.98. The highest BCUT2D eigenvalue weighted by atomic mass is 16.5. The van der Waals surface area contributed by atoms with Gasteiger partial charge in [0.2, 0.25) is 5.91 Å². The van der Waals surface area contributed by atoms with Crippen molar-refractivity contribution in [2.24, 2.45) is 0 Å². The number of methoxy groups -OCH3 is 1. The van der Waals surface area contributed by atoms with Crippen LogP contribution < -0.4 is 5.32 Å². The average Bonchev–Trinajstić information content (AvgIpc) is 2.48. The summed E-state index contributed by atoms with van der Waals surface area (Å²) in [5.41, 5.74) is 1.21.